The Morgan fingerprint density at radius 1 is 0.926 bits per heavy atom. The predicted octanol–water partition coefficient (Wildman–Crippen LogP) is 4.41. The maximum absolute atomic E-state index is 12.6. The summed E-state index contributed by atoms with van der Waals surface area (Å²) in [7, 11) is 4.74. The molecule has 0 radical (unpaired) electrons. The molecule has 0 saturated heterocycles. The summed E-state index contributed by atoms with van der Waals surface area (Å²) < 4.78 is 16.1. The van der Waals surface area contributed by atoms with Crippen LogP contribution in [-0.4, -0.2) is 27.2 Å². The Morgan fingerprint density at radius 2 is 1.48 bits per heavy atom. The van der Waals surface area contributed by atoms with E-state index in [1.165, 1.54) is 0 Å². The molecular formula is C22H29NO4. The summed E-state index contributed by atoms with van der Waals surface area (Å²) in [4.78, 5) is 12.6. The average molecular weight is 371 g/mol. The Bertz CT molecular complexity index is 739. The summed E-state index contributed by atoms with van der Waals surface area (Å²) in [5.41, 5.74) is 4.24. The van der Waals surface area contributed by atoms with Gasteiger partial charge in [-0.25, -0.2) is 0 Å². The topological polar surface area (TPSA) is 56.8 Å². The van der Waals surface area contributed by atoms with Gasteiger partial charge >= 0.3 is 0 Å². The Labute approximate surface area is 161 Å². The fraction of sp³-hybridized carbons (Fsp3) is 0.409. The van der Waals surface area contributed by atoms with Gasteiger partial charge in [-0.15, -0.1) is 0 Å². The van der Waals surface area contributed by atoms with Crippen LogP contribution < -0.4 is 19.5 Å². The number of methoxy groups -OCH3 is 3. The summed E-state index contributed by atoms with van der Waals surface area (Å²) in [6.45, 7) is 4.20. The van der Waals surface area contributed by atoms with Crippen LogP contribution in [0.1, 0.15) is 37.0 Å². The lowest BCUT2D eigenvalue weighted by molar-refractivity contribution is -0.116. The monoisotopic (exact) mass is 371 g/mol. The first kappa shape index (κ1) is 20.6. The zero-order valence-electron chi connectivity index (χ0n) is 16.8. The molecule has 0 bridgehead atoms. The Hall–Kier alpha value is -2.69. The third kappa shape index (κ3) is 4.94. The van der Waals surface area contributed by atoms with Crippen LogP contribution in [0.15, 0.2) is 30.3 Å². The average Bonchev–Trinajstić information content (AvgIpc) is 2.71. The second-order valence-corrected chi connectivity index (χ2v) is 6.24. The fourth-order valence-electron chi connectivity index (χ4n) is 3.14. The van der Waals surface area contributed by atoms with Crippen molar-refractivity contribution in [1.29, 1.82) is 0 Å². The van der Waals surface area contributed by atoms with E-state index < -0.39 is 0 Å². The van der Waals surface area contributed by atoms with Crippen molar-refractivity contribution >= 4 is 11.6 Å². The highest BCUT2D eigenvalue weighted by atomic mass is 16.5. The minimum absolute atomic E-state index is 0.000600. The molecule has 0 aliphatic heterocycles. The highest BCUT2D eigenvalue weighted by Gasteiger charge is 2.15. The van der Waals surface area contributed by atoms with Crippen LogP contribution in [0.25, 0.3) is 0 Å². The van der Waals surface area contributed by atoms with Crippen LogP contribution in [0.5, 0.6) is 17.2 Å². The van der Waals surface area contributed by atoms with Crippen molar-refractivity contribution in [1.82, 2.24) is 0 Å². The van der Waals surface area contributed by atoms with Gasteiger partial charge in [-0.3, -0.25) is 4.79 Å². The number of rotatable bonds is 9. The first-order chi connectivity index (χ1) is 13.1. The molecular weight excluding hydrogens is 342 g/mol. The normalized spacial score (nSPS) is 10.4. The van der Waals surface area contributed by atoms with Gasteiger partial charge in [-0.2, -0.15) is 0 Å². The van der Waals surface area contributed by atoms with E-state index in [9.17, 15) is 4.79 Å². The molecule has 27 heavy (non-hydrogen) atoms. The summed E-state index contributed by atoms with van der Waals surface area (Å²) in [5.74, 6) is 1.74. The maximum atomic E-state index is 12.6. The molecule has 0 spiro atoms. The first-order valence-electron chi connectivity index (χ1n) is 9.27. The number of carbonyl (C=O) groups is 1. The minimum atomic E-state index is -0.000600. The van der Waals surface area contributed by atoms with Gasteiger partial charge in [-0.1, -0.05) is 32.0 Å². The molecule has 1 amide bonds. The molecule has 5 nitrogen and oxygen atoms in total. The predicted molar refractivity (Wildman–Crippen MR) is 108 cm³/mol. The quantitative estimate of drug-likeness (QED) is 0.709. The maximum Gasteiger partial charge on any atom is 0.224 e. The largest absolute Gasteiger partial charge is 0.493 e. The van der Waals surface area contributed by atoms with Gasteiger partial charge < -0.3 is 19.5 Å². The van der Waals surface area contributed by atoms with Gasteiger partial charge in [0.2, 0.25) is 11.7 Å². The molecule has 2 rings (SSSR count). The van der Waals surface area contributed by atoms with E-state index in [1.54, 1.807) is 21.3 Å². The van der Waals surface area contributed by atoms with Crippen molar-refractivity contribution in [2.45, 2.75) is 39.5 Å². The van der Waals surface area contributed by atoms with Crippen molar-refractivity contribution in [3.63, 3.8) is 0 Å². The molecule has 0 saturated carbocycles. The fourth-order valence-corrected chi connectivity index (χ4v) is 3.14. The number of benzene rings is 2. The molecule has 0 aliphatic carbocycles. The molecule has 0 heterocycles. The lowest BCUT2D eigenvalue weighted by Gasteiger charge is -2.15. The zero-order valence-corrected chi connectivity index (χ0v) is 16.8. The van der Waals surface area contributed by atoms with Crippen LogP contribution in [0.3, 0.4) is 0 Å². The molecule has 0 atom stereocenters. The van der Waals surface area contributed by atoms with E-state index in [2.05, 4.69) is 31.3 Å². The van der Waals surface area contributed by atoms with Gasteiger partial charge in [0, 0.05) is 12.1 Å². The van der Waals surface area contributed by atoms with E-state index >= 15 is 0 Å². The number of para-hydroxylation sites is 1. The second-order valence-electron chi connectivity index (χ2n) is 6.24. The SMILES string of the molecule is CCc1cccc(CC)c1NC(=O)CCc1cc(OC)c(OC)c(OC)c1. The Kier molecular flexibility index (Phi) is 7.53. The number of hydrogen-bond acceptors (Lipinski definition) is 4. The molecule has 0 unspecified atom stereocenters. The standard InChI is InChI=1S/C22H29NO4/c1-6-16-9-8-10-17(7-2)21(16)23-20(24)12-11-15-13-18(25-3)22(27-5)19(14-15)26-4/h8-10,13-14H,6-7,11-12H2,1-5H3,(H,23,24). The third-order valence-corrected chi connectivity index (χ3v) is 4.63. The van der Waals surface area contributed by atoms with E-state index in [1.807, 2.05) is 18.2 Å². The van der Waals surface area contributed by atoms with Crippen molar-refractivity contribution in [3.8, 4) is 17.2 Å². The minimum Gasteiger partial charge on any atom is -0.493 e. The number of hydrogen-bond donors (Lipinski definition) is 1. The molecule has 0 fully saturated rings. The number of amides is 1. The van der Waals surface area contributed by atoms with Gasteiger partial charge in [0.1, 0.15) is 0 Å². The van der Waals surface area contributed by atoms with E-state index in [0.717, 1.165) is 35.2 Å². The highest BCUT2D eigenvalue weighted by molar-refractivity contribution is 5.92. The van der Waals surface area contributed by atoms with Crippen LogP contribution >= 0.6 is 0 Å². The smallest absolute Gasteiger partial charge is 0.224 e. The summed E-state index contributed by atoms with van der Waals surface area (Å²) in [5, 5.41) is 3.10. The lowest BCUT2D eigenvalue weighted by Crippen LogP contribution is -2.15. The molecule has 0 aromatic heterocycles. The molecule has 146 valence electrons. The zero-order chi connectivity index (χ0) is 19.8. The number of carbonyl (C=O) groups excluding carboxylic acids is 1. The van der Waals surface area contributed by atoms with Gasteiger partial charge in [-0.05, 0) is 48.1 Å². The molecule has 2 aromatic rings. The lowest BCUT2D eigenvalue weighted by atomic mass is 10.0. The van der Waals surface area contributed by atoms with Crippen molar-refractivity contribution in [2.75, 3.05) is 26.6 Å². The van der Waals surface area contributed by atoms with Crippen molar-refractivity contribution in [2.24, 2.45) is 0 Å². The van der Waals surface area contributed by atoms with Crippen LogP contribution in [0.2, 0.25) is 0 Å². The Balaban J connectivity index is 2.13. The number of nitrogens with one attached hydrogen (secondary N) is 1. The third-order valence-electron chi connectivity index (χ3n) is 4.63. The molecule has 5 heteroatoms. The van der Waals surface area contributed by atoms with E-state index in [4.69, 9.17) is 14.2 Å². The van der Waals surface area contributed by atoms with Gasteiger partial charge in [0.05, 0.1) is 21.3 Å². The number of anilines is 1. The van der Waals surface area contributed by atoms with Crippen molar-refractivity contribution in [3.05, 3.63) is 47.0 Å². The van der Waals surface area contributed by atoms with Crippen LogP contribution in [0.4, 0.5) is 5.69 Å². The highest BCUT2D eigenvalue weighted by Crippen LogP contribution is 2.38. The van der Waals surface area contributed by atoms with Crippen molar-refractivity contribution < 1.29 is 19.0 Å². The molecule has 1 N–H and O–H groups in total. The van der Waals surface area contributed by atoms with Gasteiger partial charge in [0.25, 0.3) is 0 Å². The van der Waals surface area contributed by atoms with Crippen LogP contribution in [-0.2, 0) is 24.1 Å². The number of aryl methyl sites for hydroxylation is 3. The Morgan fingerprint density at radius 3 is 1.93 bits per heavy atom. The van der Waals surface area contributed by atoms with E-state index in [0.29, 0.717) is 30.1 Å². The summed E-state index contributed by atoms with van der Waals surface area (Å²) in [6, 6.07) is 9.93. The summed E-state index contributed by atoms with van der Waals surface area (Å²) in [6.07, 6.45) is 2.73. The second kappa shape index (κ2) is 9.86. The summed E-state index contributed by atoms with van der Waals surface area (Å²) >= 11 is 0. The molecule has 0 aliphatic rings. The van der Waals surface area contributed by atoms with Crippen LogP contribution in [0, 0.1) is 0 Å². The number of ether oxygens (including phenoxy) is 3. The molecule has 2 aromatic carbocycles. The first-order valence-corrected chi connectivity index (χ1v) is 9.27. The van der Waals surface area contributed by atoms with E-state index in [-0.39, 0.29) is 5.91 Å². The van der Waals surface area contributed by atoms with Gasteiger partial charge in [0.15, 0.2) is 11.5 Å².